The van der Waals surface area contributed by atoms with Crippen molar-refractivity contribution < 1.29 is 4.79 Å². The Hall–Kier alpha value is -2.26. The number of amides is 1. The molecule has 9 heteroatoms. The van der Waals surface area contributed by atoms with Crippen molar-refractivity contribution in [1.82, 2.24) is 24.8 Å². The van der Waals surface area contributed by atoms with Crippen LogP contribution in [0.25, 0.3) is 0 Å². The standard InChI is InChI=1S/C17H24N6O2S/c1-11-15(26-10-18-11)16(25)23-6-5-13(9-23)22(4)8-12-7-14(24)20-17(19-12)21(2)3/h7,10,13H,5-6,8-9H2,1-4H3,(H,19,20,24). The number of hydrogen-bond acceptors (Lipinski definition) is 7. The summed E-state index contributed by atoms with van der Waals surface area (Å²) in [5.41, 5.74) is 3.07. The molecule has 8 nitrogen and oxygen atoms in total. The van der Waals surface area contributed by atoms with E-state index in [2.05, 4.69) is 19.9 Å². The minimum absolute atomic E-state index is 0.0603. The number of hydrogen-bond donors (Lipinski definition) is 1. The van der Waals surface area contributed by atoms with Gasteiger partial charge in [0.1, 0.15) is 4.88 Å². The fourth-order valence-corrected chi connectivity index (χ4v) is 3.88. The molecule has 3 heterocycles. The minimum Gasteiger partial charge on any atom is -0.348 e. The van der Waals surface area contributed by atoms with Crippen LogP contribution >= 0.6 is 11.3 Å². The van der Waals surface area contributed by atoms with Gasteiger partial charge in [-0.25, -0.2) is 9.97 Å². The third-order valence-corrected chi connectivity index (χ3v) is 5.55. The van der Waals surface area contributed by atoms with E-state index in [0.717, 1.165) is 29.2 Å². The van der Waals surface area contributed by atoms with E-state index in [9.17, 15) is 9.59 Å². The molecule has 0 radical (unpaired) electrons. The van der Waals surface area contributed by atoms with Crippen LogP contribution in [0.2, 0.25) is 0 Å². The molecule has 1 atom stereocenters. The third kappa shape index (κ3) is 3.94. The Morgan fingerprint density at radius 1 is 1.42 bits per heavy atom. The van der Waals surface area contributed by atoms with Gasteiger partial charge in [-0.2, -0.15) is 0 Å². The van der Waals surface area contributed by atoms with Gasteiger partial charge in [-0.15, -0.1) is 11.3 Å². The SMILES string of the molecule is Cc1ncsc1C(=O)N1CCC(N(C)Cc2cc(=O)[nH]c(N(C)C)n2)C1. The van der Waals surface area contributed by atoms with Gasteiger partial charge in [-0.3, -0.25) is 19.5 Å². The first-order valence-corrected chi connectivity index (χ1v) is 9.40. The van der Waals surface area contributed by atoms with Crippen molar-refractivity contribution in [1.29, 1.82) is 0 Å². The second-order valence-electron chi connectivity index (χ2n) is 6.83. The molecular weight excluding hydrogens is 352 g/mol. The summed E-state index contributed by atoms with van der Waals surface area (Å²) in [5.74, 6) is 0.606. The highest BCUT2D eigenvalue weighted by Gasteiger charge is 2.30. The molecular formula is C17H24N6O2S. The average Bonchev–Trinajstić information content (AvgIpc) is 3.22. The smallest absolute Gasteiger partial charge is 0.265 e. The Bertz CT molecular complexity index is 846. The lowest BCUT2D eigenvalue weighted by Gasteiger charge is -2.24. The average molecular weight is 376 g/mol. The lowest BCUT2D eigenvalue weighted by atomic mass is 10.2. The van der Waals surface area contributed by atoms with Gasteiger partial charge in [-0.1, -0.05) is 0 Å². The first kappa shape index (κ1) is 18.5. The maximum atomic E-state index is 12.6. The molecule has 1 fully saturated rings. The van der Waals surface area contributed by atoms with E-state index in [1.54, 1.807) is 10.4 Å². The number of nitrogens with one attached hydrogen (secondary N) is 1. The predicted octanol–water partition coefficient (Wildman–Crippen LogP) is 0.947. The monoisotopic (exact) mass is 376 g/mol. The zero-order chi connectivity index (χ0) is 18.8. The molecule has 1 aliphatic rings. The number of H-pyrrole nitrogens is 1. The van der Waals surface area contributed by atoms with Crippen molar-refractivity contribution in [3.63, 3.8) is 0 Å². The van der Waals surface area contributed by atoms with E-state index in [0.29, 0.717) is 19.0 Å². The maximum Gasteiger partial charge on any atom is 0.265 e. The summed E-state index contributed by atoms with van der Waals surface area (Å²) < 4.78 is 0. The highest BCUT2D eigenvalue weighted by atomic mass is 32.1. The van der Waals surface area contributed by atoms with E-state index < -0.39 is 0 Å². The van der Waals surface area contributed by atoms with Crippen molar-refractivity contribution in [2.75, 3.05) is 39.1 Å². The van der Waals surface area contributed by atoms with Crippen molar-refractivity contribution in [3.8, 4) is 0 Å². The van der Waals surface area contributed by atoms with Gasteiger partial charge in [0, 0.05) is 45.8 Å². The Balaban J connectivity index is 1.65. The summed E-state index contributed by atoms with van der Waals surface area (Å²) in [6, 6.07) is 1.78. The summed E-state index contributed by atoms with van der Waals surface area (Å²) in [7, 11) is 5.69. The Morgan fingerprint density at radius 2 is 2.19 bits per heavy atom. The third-order valence-electron chi connectivity index (χ3n) is 4.63. The van der Waals surface area contributed by atoms with E-state index in [4.69, 9.17) is 0 Å². The first-order valence-electron chi connectivity index (χ1n) is 8.52. The summed E-state index contributed by atoms with van der Waals surface area (Å²) in [4.78, 5) is 42.4. The van der Waals surface area contributed by atoms with Gasteiger partial charge in [0.2, 0.25) is 5.95 Å². The van der Waals surface area contributed by atoms with E-state index in [1.807, 2.05) is 33.0 Å². The van der Waals surface area contributed by atoms with E-state index >= 15 is 0 Å². The summed E-state index contributed by atoms with van der Waals surface area (Å²) >= 11 is 1.39. The molecule has 3 rings (SSSR count). The summed E-state index contributed by atoms with van der Waals surface area (Å²) in [5, 5.41) is 0. The lowest BCUT2D eigenvalue weighted by molar-refractivity contribution is 0.0783. The number of thiazole rings is 1. The van der Waals surface area contributed by atoms with Crippen LogP contribution in [0.5, 0.6) is 0 Å². The van der Waals surface area contributed by atoms with E-state index in [-0.39, 0.29) is 17.5 Å². The highest BCUT2D eigenvalue weighted by molar-refractivity contribution is 7.11. The molecule has 0 spiro atoms. The first-order chi connectivity index (χ1) is 12.3. The molecule has 0 aromatic carbocycles. The van der Waals surface area contributed by atoms with Crippen LogP contribution in [0, 0.1) is 6.92 Å². The topological polar surface area (TPSA) is 85.4 Å². The molecule has 2 aromatic rings. The number of rotatable bonds is 5. The molecule has 0 aliphatic carbocycles. The van der Waals surface area contributed by atoms with Crippen molar-refractivity contribution in [3.05, 3.63) is 38.2 Å². The zero-order valence-corrected chi connectivity index (χ0v) is 16.3. The number of aromatic nitrogens is 3. The number of carbonyl (C=O) groups is 1. The summed E-state index contributed by atoms with van der Waals surface area (Å²) in [6.45, 7) is 3.84. The van der Waals surface area contributed by atoms with Crippen LogP contribution < -0.4 is 10.5 Å². The van der Waals surface area contributed by atoms with Crippen molar-refractivity contribution in [2.45, 2.75) is 25.9 Å². The van der Waals surface area contributed by atoms with Crippen LogP contribution in [0.3, 0.4) is 0 Å². The van der Waals surface area contributed by atoms with Gasteiger partial charge in [0.25, 0.3) is 11.5 Å². The van der Waals surface area contributed by atoms with Crippen molar-refractivity contribution in [2.24, 2.45) is 0 Å². The quantitative estimate of drug-likeness (QED) is 0.836. The maximum absolute atomic E-state index is 12.6. The number of likely N-dealkylation sites (N-methyl/N-ethyl adjacent to an activating group) is 1. The highest BCUT2D eigenvalue weighted by Crippen LogP contribution is 2.21. The zero-order valence-electron chi connectivity index (χ0n) is 15.5. The fraction of sp³-hybridized carbons (Fsp3) is 0.529. The molecule has 2 aromatic heterocycles. The summed E-state index contributed by atoms with van der Waals surface area (Å²) in [6.07, 6.45) is 0.907. The number of likely N-dealkylation sites (tertiary alicyclic amines) is 1. The van der Waals surface area contributed by atoms with Crippen LogP contribution in [0.1, 0.15) is 27.5 Å². The normalized spacial score (nSPS) is 17.1. The number of aromatic amines is 1. The Kier molecular flexibility index (Phi) is 5.38. The van der Waals surface area contributed by atoms with Gasteiger partial charge >= 0.3 is 0 Å². The molecule has 1 aliphatic heterocycles. The Labute approximate surface area is 156 Å². The molecule has 0 saturated carbocycles. The molecule has 1 amide bonds. The number of aryl methyl sites for hydroxylation is 1. The second kappa shape index (κ2) is 7.55. The molecule has 1 unspecified atom stereocenters. The van der Waals surface area contributed by atoms with Gasteiger partial charge in [0.15, 0.2) is 0 Å². The fourth-order valence-electron chi connectivity index (χ4n) is 3.11. The second-order valence-corrected chi connectivity index (χ2v) is 7.69. The molecule has 26 heavy (non-hydrogen) atoms. The number of anilines is 1. The van der Waals surface area contributed by atoms with Crippen LogP contribution in [-0.2, 0) is 6.54 Å². The minimum atomic E-state index is -0.156. The van der Waals surface area contributed by atoms with Crippen LogP contribution in [0.4, 0.5) is 5.95 Å². The van der Waals surface area contributed by atoms with Crippen LogP contribution in [0.15, 0.2) is 16.4 Å². The van der Waals surface area contributed by atoms with E-state index in [1.165, 1.54) is 17.4 Å². The van der Waals surface area contributed by atoms with Gasteiger partial charge < -0.3 is 9.80 Å². The molecule has 0 bridgehead atoms. The number of nitrogens with zero attached hydrogens (tertiary/aromatic N) is 5. The van der Waals surface area contributed by atoms with Crippen LogP contribution in [-0.4, -0.2) is 70.9 Å². The molecule has 1 N–H and O–H groups in total. The molecule has 140 valence electrons. The predicted molar refractivity (Wildman–Crippen MR) is 102 cm³/mol. The van der Waals surface area contributed by atoms with Gasteiger partial charge in [-0.05, 0) is 20.4 Å². The number of carbonyl (C=O) groups excluding carboxylic acids is 1. The van der Waals surface area contributed by atoms with Crippen molar-refractivity contribution >= 4 is 23.2 Å². The molecule has 1 saturated heterocycles. The lowest BCUT2D eigenvalue weighted by Crippen LogP contribution is -2.36. The Morgan fingerprint density at radius 3 is 2.85 bits per heavy atom. The largest absolute Gasteiger partial charge is 0.348 e. The van der Waals surface area contributed by atoms with Gasteiger partial charge in [0.05, 0.1) is 16.9 Å².